The lowest BCUT2D eigenvalue weighted by Crippen LogP contribution is -2.18. The molecule has 16 heavy (non-hydrogen) atoms. The lowest BCUT2D eigenvalue weighted by molar-refractivity contribution is -0.385. The van der Waals surface area contributed by atoms with E-state index in [9.17, 15) is 10.1 Å². The molecule has 1 aromatic carbocycles. The largest absolute Gasteiger partial charge is 0.315 e. The molecule has 0 radical (unpaired) electrons. The Bertz CT molecular complexity index is 396. The van der Waals surface area contributed by atoms with Crippen molar-refractivity contribution in [3.63, 3.8) is 0 Å². The summed E-state index contributed by atoms with van der Waals surface area (Å²) in [5.74, 6) is 2.53. The van der Waals surface area contributed by atoms with Crippen LogP contribution in [0.1, 0.15) is 12.0 Å². The minimum atomic E-state index is -0.350. The summed E-state index contributed by atoms with van der Waals surface area (Å²) in [7, 11) is 0. The fourth-order valence-electron chi connectivity index (χ4n) is 1.41. The molecule has 1 rings (SSSR count). The average molecular weight is 218 g/mol. The number of benzene rings is 1. The van der Waals surface area contributed by atoms with Gasteiger partial charge in [0, 0.05) is 24.6 Å². The van der Waals surface area contributed by atoms with Crippen molar-refractivity contribution in [3.05, 3.63) is 39.9 Å². The van der Waals surface area contributed by atoms with Gasteiger partial charge < -0.3 is 5.32 Å². The number of nitro groups is 1. The van der Waals surface area contributed by atoms with Crippen LogP contribution in [0.2, 0.25) is 0 Å². The van der Waals surface area contributed by atoms with Crippen molar-refractivity contribution in [2.75, 3.05) is 13.1 Å². The molecule has 0 aromatic heterocycles. The number of nitrogens with zero attached hydrogens (tertiary/aromatic N) is 1. The van der Waals surface area contributed by atoms with Crippen molar-refractivity contribution >= 4 is 5.69 Å². The first-order valence-electron chi connectivity index (χ1n) is 5.12. The predicted molar refractivity (Wildman–Crippen MR) is 63.1 cm³/mol. The average Bonchev–Trinajstić information content (AvgIpc) is 2.29. The van der Waals surface area contributed by atoms with E-state index in [-0.39, 0.29) is 10.6 Å². The predicted octanol–water partition coefficient (Wildman–Crippen LogP) is 1.75. The lowest BCUT2D eigenvalue weighted by atomic mass is 10.1. The number of terminal acetylenes is 1. The van der Waals surface area contributed by atoms with E-state index in [2.05, 4.69) is 11.2 Å². The Hall–Kier alpha value is -1.86. The molecule has 0 saturated carbocycles. The molecule has 0 atom stereocenters. The fourth-order valence-corrected chi connectivity index (χ4v) is 1.41. The van der Waals surface area contributed by atoms with E-state index in [4.69, 9.17) is 6.42 Å². The number of hydrogen-bond acceptors (Lipinski definition) is 3. The molecule has 0 aliphatic heterocycles. The Labute approximate surface area is 94.8 Å². The van der Waals surface area contributed by atoms with E-state index >= 15 is 0 Å². The quantitative estimate of drug-likeness (QED) is 0.342. The van der Waals surface area contributed by atoms with Crippen LogP contribution < -0.4 is 5.32 Å². The highest BCUT2D eigenvalue weighted by molar-refractivity contribution is 5.39. The molecule has 0 saturated heterocycles. The SMILES string of the molecule is C#CCCNCCc1ccccc1[N+](=O)[O-]. The molecule has 0 aliphatic rings. The Morgan fingerprint density at radius 1 is 1.38 bits per heavy atom. The van der Waals surface area contributed by atoms with Gasteiger partial charge in [0.2, 0.25) is 0 Å². The standard InChI is InChI=1S/C12H14N2O2/c1-2-3-9-13-10-8-11-6-4-5-7-12(11)14(15)16/h1,4-7,13H,3,8-10H2. The number of rotatable bonds is 6. The zero-order valence-corrected chi connectivity index (χ0v) is 8.98. The number of nitro benzene ring substituents is 1. The van der Waals surface area contributed by atoms with Gasteiger partial charge in [0.05, 0.1) is 4.92 Å². The molecule has 0 heterocycles. The summed E-state index contributed by atoms with van der Waals surface area (Å²) >= 11 is 0. The van der Waals surface area contributed by atoms with E-state index in [0.717, 1.165) is 12.1 Å². The second kappa shape index (κ2) is 6.59. The van der Waals surface area contributed by atoms with Crippen molar-refractivity contribution in [1.82, 2.24) is 5.32 Å². The summed E-state index contributed by atoms with van der Waals surface area (Å²) in [4.78, 5) is 10.4. The third-order valence-corrected chi connectivity index (χ3v) is 2.21. The van der Waals surface area contributed by atoms with Gasteiger partial charge in [-0.2, -0.15) is 0 Å². The Kier molecular flexibility index (Phi) is 5.03. The molecule has 0 amide bonds. The molecule has 0 spiro atoms. The van der Waals surface area contributed by atoms with Crippen LogP contribution in [0.25, 0.3) is 0 Å². The van der Waals surface area contributed by atoms with Crippen LogP contribution in [0.15, 0.2) is 24.3 Å². The molecule has 4 nitrogen and oxygen atoms in total. The normalized spacial score (nSPS) is 9.69. The maximum absolute atomic E-state index is 10.7. The van der Waals surface area contributed by atoms with Gasteiger partial charge >= 0.3 is 0 Å². The summed E-state index contributed by atoms with van der Waals surface area (Å²) in [5.41, 5.74) is 0.932. The minimum Gasteiger partial charge on any atom is -0.315 e. The molecule has 4 heteroatoms. The van der Waals surface area contributed by atoms with Crippen LogP contribution in [-0.2, 0) is 6.42 Å². The molecule has 1 N–H and O–H groups in total. The van der Waals surface area contributed by atoms with Crippen LogP contribution >= 0.6 is 0 Å². The monoisotopic (exact) mass is 218 g/mol. The van der Waals surface area contributed by atoms with E-state index in [0.29, 0.717) is 19.4 Å². The second-order valence-corrected chi connectivity index (χ2v) is 3.34. The number of para-hydroxylation sites is 1. The minimum absolute atomic E-state index is 0.182. The van der Waals surface area contributed by atoms with Gasteiger partial charge in [-0.3, -0.25) is 10.1 Å². The van der Waals surface area contributed by atoms with Crippen molar-refractivity contribution in [3.8, 4) is 12.3 Å². The van der Waals surface area contributed by atoms with E-state index in [1.54, 1.807) is 12.1 Å². The van der Waals surface area contributed by atoms with E-state index in [1.807, 2.05) is 6.07 Å². The summed E-state index contributed by atoms with van der Waals surface area (Å²) in [6.07, 6.45) is 6.42. The molecule has 1 aromatic rings. The first kappa shape index (κ1) is 12.2. The van der Waals surface area contributed by atoms with Gasteiger partial charge in [-0.15, -0.1) is 12.3 Å². The Morgan fingerprint density at radius 2 is 2.12 bits per heavy atom. The molecular weight excluding hydrogens is 204 g/mol. The van der Waals surface area contributed by atoms with Crippen molar-refractivity contribution in [2.24, 2.45) is 0 Å². The third kappa shape index (κ3) is 3.71. The summed E-state index contributed by atoms with van der Waals surface area (Å²) in [5, 5.41) is 13.9. The maximum Gasteiger partial charge on any atom is 0.272 e. The van der Waals surface area contributed by atoms with Gasteiger partial charge in [0.15, 0.2) is 0 Å². The van der Waals surface area contributed by atoms with E-state index < -0.39 is 0 Å². The van der Waals surface area contributed by atoms with Gasteiger partial charge in [0.25, 0.3) is 5.69 Å². The highest BCUT2D eigenvalue weighted by Crippen LogP contribution is 2.17. The van der Waals surface area contributed by atoms with Crippen LogP contribution in [0, 0.1) is 22.5 Å². The third-order valence-electron chi connectivity index (χ3n) is 2.21. The smallest absolute Gasteiger partial charge is 0.272 e. The van der Waals surface area contributed by atoms with E-state index in [1.165, 1.54) is 6.07 Å². The van der Waals surface area contributed by atoms with Crippen molar-refractivity contribution < 1.29 is 4.92 Å². The summed E-state index contributed by atoms with van der Waals surface area (Å²) < 4.78 is 0. The topological polar surface area (TPSA) is 55.2 Å². The number of nitrogens with one attached hydrogen (secondary N) is 1. The Balaban J connectivity index is 2.47. The van der Waals surface area contributed by atoms with Crippen molar-refractivity contribution in [2.45, 2.75) is 12.8 Å². The highest BCUT2D eigenvalue weighted by Gasteiger charge is 2.10. The second-order valence-electron chi connectivity index (χ2n) is 3.34. The molecule has 84 valence electrons. The van der Waals surface area contributed by atoms with Gasteiger partial charge in [0.1, 0.15) is 0 Å². The molecular formula is C12H14N2O2. The molecule has 0 bridgehead atoms. The zero-order valence-electron chi connectivity index (χ0n) is 8.98. The molecule has 0 unspecified atom stereocenters. The Morgan fingerprint density at radius 3 is 2.81 bits per heavy atom. The zero-order chi connectivity index (χ0) is 11.8. The van der Waals surface area contributed by atoms with Crippen LogP contribution in [0.5, 0.6) is 0 Å². The van der Waals surface area contributed by atoms with Crippen LogP contribution in [0.4, 0.5) is 5.69 Å². The summed E-state index contributed by atoms with van der Waals surface area (Å²) in [6.45, 7) is 1.45. The number of hydrogen-bond donors (Lipinski definition) is 1. The lowest BCUT2D eigenvalue weighted by Gasteiger charge is -2.03. The fraction of sp³-hybridized carbons (Fsp3) is 0.333. The molecule has 0 fully saturated rings. The molecule has 0 aliphatic carbocycles. The first-order valence-corrected chi connectivity index (χ1v) is 5.12. The van der Waals surface area contributed by atoms with Crippen LogP contribution in [-0.4, -0.2) is 18.0 Å². The van der Waals surface area contributed by atoms with Gasteiger partial charge in [-0.05, 0) is 13.0 Å². The highest BCUT2D eigenvalue weighted by atomic mass is 16.6. The maximum atomic E-state index is 10.7. The summed E-state index contributed by atoms with van der Waals surface area (Å²) in [6, 6.07) is 6.79. The van der Waals surface area contributed by atoms with Gasteiger partial charge in [-0.1, -0.05) is 18.2 Å². The van der Waals surface area contributed by atoms with Crippen LogP contribution in [0.3, 0.4) is 0 Å². The first-order chi connectivity index (χ1) is 7.75. The van der Waals surface area contributed by atoms with Gasteiger partial charge in [-0.25, -0.2) is 0 Å². The van der Waals surface area contributed by atoms with Crippen molar-refractivity contribution in [1.29, 1.82) is 0 Å².